The van der Waals surface area contributed by atoms with Crippen molar-refractivity contribution in [1.82, 2.24) is 20.2 Å². The lowest BCUT2D eigenvalue weighted by molar-refractivity contribution is -0.117. The quantitative estimate of drug-likeness (QED) is 0.741. The molecule has 0 aliphatic rings. The van der Waals surface area contributed by atoms with Crippen molar-refractivity contribution < 1.29 is 4.79 Å². The molecule has 0 aliphatic heterocycles. The van der Waals surface area contributed by atoms with Crippen LogP contribution in [0.3, 0.4) is 0 Å². The number of aromatic nitrogens is 4. The lowest BCUT2D eigenvalue weighted by Gasteiger charge is -2.00. The zero-order valence-electron chi connectivity index (χ0n) is 7.87. The molecular formula is C9H9N5O. The predicted molar refractivity (Wildman–Crippen MR) is 52.1 cm³/mol. The maximum atomic E-state index is 10.7. The van der Waals surface area contributed by atoms with Crippen molar-refractivity contribution in [2.24, 2.45) is 5.73 Å². The molecule has 0 spiro atoms. The normalized spacial score (nSPS) is 10.1. The first-order chi connectivity index (χ1) is 7.25. The van der Waals surface area contributed by atoms with Gasteiger partial charge in [0.2, 0.25) is 5.91 Å². The van der Waals surface area contributed by atoms with Crippen LogP contribution in [-0.2, 0) is 11.2 Å². The number of benzene rings is 1. The summed E-state index contributed by atoms with van der Waals surface area (Å²) in [4.78, 5) is 10.7. The minimum atomic E-state index is -0.342. The molecule has 0 unspecified atom stereocenters. The SMILES string of the molecule is NC(=O)Cc1ccc(-n2cnnn2)cc1. The van der Waals surface area contributed by atoms with Gasteiger partial charge in [0.1, 0.15) is 6.33 Å². The van der Waals surface area contributed by atoms with Gasteiger partial charge in [0.15, 0.2) is 0 Å². The molecule has 15 heavy (non-hydrogen) atoms. The molecule has 1 heterocycles. The van der Waals surface area contributed by atoms with Crippen molar-refractivity contribution >= 4 is 5.91 Å². The molecule has 0 saturated carbocycles. The Morgan fingerprint density at radius 3 is 2.60 bits per heavy atom. The summed E-state index contributed by atoms with van der Waals surface area (Å²) in [6, 6.07) is 7.30. The molecule has 1 aromatic heterocycles. The minimum absolute atomic E-state index is 0.246. The van der Waals surface area contributed by atoms with Gasteiger partial charge in [-0.15, -0.1) is 5.10 Å². The van der Waals surface area contributed by atoms with Crippen molar-refractivity contribution in [1.29, 1.82) is 0 Å². The van der Waals surface area contributed by atoms with E-state index in [0.717, 1.165) is 11.3 Å². The number of amides is 1. The minimum Gasteiger partial charge on any atom is -0.369 e. The summed E-state index contributed by atoms with van der Waals surface area (Å²) in [7, 11) is 0. The average molecular weight is 203 g/mol. The number of rotatable bonds is 3. The van der Waals surface area contributed by atoms with Crippen LogP contribution in [0, 0.1) is 0 Å². The summed E-state index contributed by atoms with van der Waals surface area (Å²) in [5.41, 5.74) is 6.80. The fraction of sp³-hybridized carbons (Fsp3) is 0.111. The van der Waals surface area contributed by atoms with Gasteiger partial charge in [0, 0.05) is 0 Å². The van der Waals surface area contributed by atoms with Gasteiger partial charge in [-0.2, -0.15) is 0 Å². The van der Waals surface area contributed by atoms with Gasteiger partial charge in [-0.25, -0.2) is 4.68 Å². The highest BCUT2D eigenvalue weighted by Gasteiger charge is 2.00. The lowest BCUT2D eigenvalue weighted by atomic mass is 10.1. The first kappa shape index (κ1) is 9.32. The number of nitrogens with two attached hydrogens (primary N) is 1. The van der Waals surface area contributed by atoms with Crippen LogP contribution in [0.5, 0.6) is 0 Å². The second-order valence-corrected chi connectivity index (χ2v) is 3.06. The molecule has 6 nitrogen and oxygen atoms in total. The Bertz CT molecular complexity index is 448. The third-order valence-electron chi connectivity index (χ3n) is 1.93. The van der Waals surface area contributed by atoms with E-state index in [2.05, 4.69) is 15.5 Å². The molecule has 2 rings (SSSR count). The second-order valence-electron chi connectivity index (χ2n) is 3.06. The monoisotopic (exact) mass is 203 g/mol. The number of hydrogen-bond acceptors (Lipinski definition) is 4. The zero-order chi connectivity index (χ0) is 10.7. The standard InChI is InChI=1S/C9H9N5O/c10-9(15)5-7-1-3-8(4-2-7)14-6-11-12-13-14/h1-4,6H,5H2,(H2,10,15). The molecule has 2 aromatic rings. The van der Waals surface area contributed by atoms with E-state index in [9.17, 15) is 4.79 Å². The summed E-state index contributed by atoms with van der Waals surface area (Å²) in [5.74, 6) is -0.342. The van der Waals surface area contributed by atoms with Crippen molar-refractivity contribution in [2.45, 2.75) is 6.42 Å². The molecule has 0 atom stereocenters. The molecule has 0 radical (unpaired) electrons. The van der Waals surface area contributed by atoms with Crippen LogP contribution in [0.25, 0.3) is 5.69 Å². The molecule has 1 aromatic carbocycles. The Morgan fingerprint density at radius 1 is 1.33 bits per heavy atom. The van der Waals surface area contributed by atoms with Gasteiger partial charge < -0.3 is 5.73 Å². The van der Waals surface area contributed by atoms with Crippen LogP contribution in [0.4, 0.5) is 0 Å². The molecule has 6 heteroatoms. The molecule has 0 aliphatic carbocycles. The summed E-state index contributed by atoms with van der Waals surface area (Å²) in [6.45, 7) is 0. The topological polar surface area (TPSA) is 86.7 Å². The van der Waals surface area contributed by atoms with Crippen molar-refractivity contribution in [2.75, 3.05) is 0 Å². The Labute approximate surface area is 85.7 Å². The van der Waals surface area contributed by atoms with E-state index in [-0.39, 0.29) is 12.3 Å². The summed E-state index contributed by atoms with van der Waals surface area (Å²) in [6.07, 6.45) is 1.75. The summed E-state index contributed by atoms with van der Waals surface area (Å²) >= 11 is 0. The van der Waals surface area contributed by atoms with Crippen LogP contribution in [0.1, 0.15) is 5.56 Å². The van der Waals surface area contributed by atoms with Gasteiger partial charge in [-0.1, -0.05) is 12.1 Å². The zero-order valence-corrected chi connectivity index (χ0v) is 7.87. The Hall–Kier alpha value is -2.24. The molecule has 0 saturated heterocycles. The van der Waals surface area contributed by atoms with Gasteiger partial charge >= 0.3 is 0 Å². The van der Waals surface area contributed by atoms with Crippen LogP contribution in [0.15, 0.2) is 30.6 Å². The fourth-order valence-corrected chi connectivity index (χ4v) is 1.25. The molecular weight excluding hydrogens is 194 g/mol. The average Bonchev–Trinajstić information content (AvgIpc) is 2.71. The van der Waals surface area contributed by atoms with Gasteiger partial charge in [-0.3, -0.25) is 4.79 Å². The number of nitrogens with zero attached hydrogens (tertiary/aromatic N) is 4. The van der Waals surface area contributed by atoms with Crippen molar-refractivity contribution in [3.05, 3.63) is 36.2 Å². The van der Waals surface area contributed by atoms with Crippen LogP contribution in [-0.4, -0.2) is 26.1 Å². The van der Waals surface area contributed by atoms with Crippen molar-refractivity contribution in [3.8, 4) is 5.69 Å². The van der Waals surface area contributed by atoms with Crippen LogP contribution in [0.2, 0.25) is 0 Å². The Kier molecular flexibility index (Phi) is 2.40. The van der Waals surface area contributed by atoms with Crippen molar-refractivity contribution in [3.63, 3.8) is 0 Å². The molecule has 2 N–H and O–H groups in total. The van der Waals surface area contributed by atoms with E-state index in [1.54, 1.807) is 0 Å². The lowest BCUT2D eigenvalue weighted by Crippen LogP contribution is -2.13. The highest BCUT2D eigenvalue weighted by atomic mass is 16.1. The van der Waals surface area contributed by atoms with E-state index < -0.39 is 0 Å². The number of tetrazole rings is 1. The third-order valence-corrected chi connectivity index (χ3v) is 1.93. The van der Waals surface area contributed by atoms with Gasteiger partial charge in [0.25, 0.3) is 0 Å². The molecule has 0 bridgehead atoms. The fourth-order valence-electron chi connectivity index (χ4n) is 1.25. The van der Waals surface area contributed by atoms with E-state index in [0.29, 0.717) is 0 Å². The number of hydrogen-bond donors (Lipinski definition) is 1. The third kappa shape index (κ3) is 2.16. The van der Waals surface area contributed by atoms with Crippen LogP contribution >= 0.6 is 0 Å². The molecule has 1 amide bonds. The first-order valence-electron chi connectivity index (χ1n) is 4.36. The largest absolute Gasteiger partial charge is 0.369 e. The van der Waals surface area contributed by atoms with Crippen LogP contribution < -0.4 is 5.73 Å². The predicted octanol–water partition coefficient (Wildman–Crippen LogP) is -0.310. The second kappa shape index (κ2) is 3.87. The molecule has 0 fully saturated rings. The van der Waals surface area contributed by atoms with E-state index in [1.807, 2.05) is 24.3 Å². The summed E-state index contributed by atoms with van der Waals surface area (Å²) < 4.78 is 1.54. The maximum Gasteiger partial charge on any atom is 0.221 e. The van der Waals surface area contributed by atoms with E-state index in [4.69, 9.17) is 5.73 Å². The number of primary amides is 1. The Morgan fingerprint density at radius 2 is 2.07 bits per heavy atom. The van der Waals surface area contributed by atoms with E-state index >= 15 is 0 Å². The Balaban J connectivity index is 2.21. The molecule has 76 valence electrons. The van der Waals surface area contributed by atoms with E-state index in [1.165, 1.54) is 11.0 Å². The maximum absolute atomic E-state index is 10.7. The highest BCUT2D eigenvalue weighted by Crippen LogP contribution is 2.07. The number of carbonyl (C=O) groups excluding carboxylic acids is 1. The van der Waals surface area contributed by atoms with Gasteiger partial charge in [0.05, 0.1) is 12.1 Å². The summed E-state index contributed by atoms with van der Waals surface area (Å²) in [5, 5.41) is 10.8. The highest BCUT2D eigenvalue weighted by molar-refractivity contribution is 5.76. The number of carbonyl (C=O) groups is 1. The van der Waals surface area contributed by atoms with Gasteiger partial charge in [-0.05, 0) is 28.1 Å². The first-order valence-corrected chi connectivity index (χ1v) is 4.36. The smallest absolute Gasteiger partial charge is 0.221 e.